The average Bonchev–Trinajstić information content (AvgIpc) is 2.57. The van der Waals surface area contributed by atoms with Crippen molar-refractivity contribution in [2.75, 3.05) is 6.54 Å². The van der Waals surface area contributed by atoms with E-state index in [9.17, 15) is 14.0 Å². The summed E-state index contributed by atoms with van der Waals surface area (Å²) < 4.78 is 13.1. The summed E-state index contributed by atoms with van der Waals surface area (Å²) in [5.74, 6) is -1.50. The summed E-state index contributed by atoms with van der Waals surface area (Å²) in [7, 11) is 0. The van der Waals surface area contributed by atoms with Crippen LogP contribution in [0.3, 0.4) is 0 Å². The van der Waals surface area contributed by atoms with Gasteiger partial charge < -0.3 is 5.32 Å². The number of nitrogens with one attached hydrogen (secondary N) is 2. The first-order valence-corrected chi connectivity index (χ1v) is 7.81. The van der Waals surface area contributed by atoms with Crippen molar-refractivity contribution in [2.24, 2.45) is 5.10 Å². The second kappa shape index (κ2) is 8.19. The van der Waals surface area contributed by atoms with Crippen LogP contribution < -0.4 is 10.7 Å². The predicted molar refractivity (Wildman–Crippen MR) is 95.0 cm³/mol. The molecule has 0 aliphatic heterocycles. The maximum atomic E-state index is 13.1. The first-order chi connectivity index (χ1) is 11.9. The number of carbonyl (C=O) groups is 2. The Bertz CT molecular complexity index is 831. The van der Waals surface area contributed by atoms with Crippen LogP contribution in [0.2, 0.25) is 0 Å². The molecular weight excluding hydrogens is 321 g/mol. The maximum Gasteiger partial charge on any atom is 0.259 e. The highest BCUT2D eigenvalue weighted by molar-refractivity contribution is 6.01. The van der Waals surface area contributed by atoms with Crippen molar-refractivity contribution >= 4 is 17.5 Å². The van der Waals surface area contributed by atoms with E-state index in [4.69, 9.17) is 0 Å². The highest BCUT2D eigenvalue weighted by Gasteiger charge is 2.09. The molecular formula is C19H20FN3O2. The minimum Gasteiger partial charge on any atom is -0.343 e. The summed E-state index contributed by atoms with van der Waals surface area (Å²) in [5.41, 5.74) is 6.38. The smallest absolute Gasteiger partial charge is 0.259 e. The molecule has 0 saturated carbocycles. The third-order valence-corrected chi connectivity index (χ3v) is 3.62. The molecule has 0 saturated heterocycles. The summed E-state index contributed by atoms with van der Waals surface area (Å²) in [6, 6.07) is 11.2. The van der Waals surface area contributed by atoms with E-state index in [0.29, 0.717) is 5.71 Å². The Morgan fingerprint density at radius 3 is 2.56 bits per heavy atom. The zero-order valence-corrected chi connectivity index (χ0v) is 14.4. The summed E-state index contributed by atoms with van der Waals surface area (Å²) in [4.78, 5) is 23.7. The average molecular weight is 341 g/mol. The third kappa shape index (κ3) is 5.24. The SMILES string of the molecule is C/C(=N\NC(=O)CNC(=O)c1cccc(F)c1)c1ccc(C)cc1C. The summed E-state index contributed by atoms with van der Waals surface area (Å²) >= 11 is 0. The molecule has 0 aliphatic rings. The Morgan fingerprint density at radius 2 is 1.88 bits per heavy atom. The van der Waals surface area contributed by atoms with E-state index in [0.717, 1.165) is 22.8 Å². The molecule has 0 radical (unpaired) electrons. The largest absolute Gasteiger partial charge is 0.343 e. The van der Waals surface area contributed by atoms with Gasteiger partial charge in [0.25, 0.3) is 11.8 Å². The second-order valence-corrected chi connectivity index (χ2v) is 5.74. The van der Waals surface area contributed by atoms with Crippen LogP contribution in [0.15, 0.2) is 47.6 Å². The van der Waals surface area contributed by atoms with Crippen LogP contribution in [-0.2, 0) is 4.79 Å². The van der Waals surface area contributed by atoms with Gasteiger partial charge in [0.2, 0.25) is 0 Å². The number of aryl methyl sites for hydroxylation is 2. The molecule has 6 heteroatoms. The summed E-state index contributed by atoms with van der Waals surface area (Å²) in [6.07, 6.45) is 0. The van der Waals surface area contributed by atoms with Crippen LogP contribution in [0, 0.1) is 19.7 Å². The van der Waals surface area contributed by atoms with Crippen molar-refractivity contribution < 1.29 is 14.0 Å². The molecule has 2 rings (SSSR count). The molecule has 0 atom stereocenters. The van der Waals surface area contributed by atoms with Gasteiger partial charge >= 0.3 is 0 Å². The van der Waals surface area contributed by atoms with Crippen molar-refractivity contribution in [1.29, 1.82) is 0 Å². The van der Waals surface area contributed by atoms with E-state index in [1.54, 1.807) is 6.92 Å². The standard InChI is InChI=1S/C19H20FN3O2/c1-12-7-8-17(13(2)9-12)14(3)22-23-18(24)11-21-19(25)15-5-4-6-16(20)10-15/h4-10H,11H2,1-3H3,(H,21,25)(H,23,24)/b22-14+. The predicted octanol–water partition coefficient (Wildman–Crippen LogP) is 2.71. The molecule has 25 heavy (non-hydrogen) atoms. The molecule has 0 aromatic heterocycles. The van der Waals surface area contributed by atoms with Gasteiger partial charge in [0.1, 0.15) is 5.82 Å². The minimum atomic E-state index is -0.523. The van der Waals surface area contributed by atoms with Crippen molar-refractivity contribution in [3.05, 3.63) is 70.5 Å². The number of benzene rings is 2. The Balaban J connectivity index is 1.90. The van der Waals surface area contributed by atoms with Crippen LogP contribution in [0.1, 0.15) is 34.0 Å². The van der Waals surface area contributed by atoms with Crippen molar-refractivity contribution in [3.63, 3.8) is 0 Å². The molecule has 0 spiro atoms. The highest BCUT2D eigenvalue weighted by atomic mass is 19.1. The van der Waals surface area contributed by atoms with E-state index in [-0.39, 0.29) is 12.1 Å². The highest BCUT2D eigenvalue weighted by Crippen LogP contribution is 2.11. The minimum absolute atomic E-state index is 0.155. The topological polar surface area (TPSA) is 70.6 Å². The molecule has 0 heterocycles. The molecule has 0 unspecified atom stereocenters. The molecule has 0 bridgehead atoms. The Hall–Kier alpha value is -3.02. The third-order valence-electron chi connectivity index (χ3n) is 3.62. The van der Waals surface area contributed by atoms with E-state index >= 15 is 0 Å². The van der Waals surface area contributed by atoms with Crippen LogP contribution >= 0.6 is 0 Å². The normalized spacial score (nSPS) is 11.1. The van der Waals surface area contributed by atoms with E-state index < -0.39 is 17.6 Å². The Morgan fingerprint density at radius 1 is 1.12 bits per heavy atom. The Kier molecular flexibility index (Phi) is 6.00. The fourth-order valence-electron chi connectivity index (χ4n) is 2.36. The number of hydrazone groups is 1. The van der Waals surface area contributed by atoms with Crippen molar-refractivity contribution in [2.45, 2.75) is 20.8 Å². The van der Waals surface area contributed by atoms with Gasteiger partial charge in [0.05, 0.1) is 12.3 Å². The first kappa shape index (κ1) is 18.3. The lowest BCUT2D eigenvalue weighted by molar-refractivity contribution is -0.120. The van der Waals surface area contributed by atoms with E-state index in [2.05, 4.69) is 15.8 Å². The second-order valence-electron chi connectivity index (χ2n) is 5.74. The lowest BCUT2D eigenvalue weighted by Gasteiger charge is -2.08. The zero-order valence-electron chi connectivity index (χ0n) is 14.4. The number of amides is 2. The lowest BCUT2D eigenvalue weighted by atomic mass is 10.0. The number of carbonyl (C=O) groups excluding carboxylic acids is 2. The molecule has 0 aliphatic carbocycles. The molecule has 2 N–H and O–H groups in total. The molecule has 2 aromatic carbocycles. The summed E-state index contributed by atoms with van der Waals surface area (Å²) in [5, 5.41) is 6.48. The van der Waals surface area contributed by atoms with Crippen LogP contribution in [0.4, 0.5) is 4.39 Å². The van der Waals surface area contributed by atoms with Crippen molar-refractivity contribution in [1.82, 2.24) is 10.7 Å². The lowest BCUT2D eigenvalue weighted by Crippen LogP contribution is -2.35. The van der Waals surface area contributed by atoms with Crippen LogP contribution in [0.25, 0.3) is 0 Å². The number of halogens is 1. The van der Waals surface area contributed by atoms with Gasteiger partial charge in [-0.3, -0.25) is 9.59 Å². The number of rotatable bonds is 5. The van der Waals surface area contributed by atoms with Gasteiger partial charge in [-0.2, -0.15) is 5.10 Å². The molecule has 2 amide bonds. The summed E-state index contributed by atoms with van der Waals surface area (Å²) in [6.45, 7) is 5.52. The monoisotopic (exact) mass is 341 g/mol. The maximum absolute atomic E-state index is 13.1. The van der Waals surface area contributed by atoms with E-state index in [1.165, 1.54) is 18.2 Å². The van der Waals surface area contributed by atoms with Crippen LogP contribution in [0.5, 0.6) is 0 Å². The quantitative estimate of drug-likeness (QED) is 0.648. The molecule has 5 nitrogen and oxygen atoms in total. The first-order valence-electron chi connectivity index (χ1n) is 7.81. The fourth-order valence-corrected chi connectivity index (χ4v) is 2.36. The number of nitrogens with zero attached hydrogens (tertiary/aromatic N) is 1. The van der Waals surface area contributed by atoms with Gasteiger partial charge in [-0.15, -0.1) is 0 Å². The zero-order chi connectivity index (χ0) is 18.4. The van der Waals surface area contributed by atoms with Gasteiger partial charge in [-0.05, 0) is 44.5 Å². The molecule has 130 valence electrons. The van der Waals surface area contributed by atoms with Gasteiger partial charge in [0, 0.05) is 11.1 Å². The van der Waals surface area contributed by atoms with Crippen molar-refractivity contribution in [3.8, 4) is 0 Å². The van der Waals surface area contributed by atoms with E-state index in [1.807, 2.05) is 32.0 Å². The van der Waals surface area contributed by atoms with Gasteiger partial charge in [-0.1, -0.05) is 29.8 Å². The number of hydrogen-bond donors (Lipinski definition) is 2. The fraction of sp³-hybridized carbons (Fsp3) is 0.211. The van der Waals surface area contributed by atoms with Gasteiger partial charge in [-0.25, -0.2) is 9.82 Å². The van der Waals surface area contributed by atoms with Crippen LogP contribution in [-0.4, -0.2) is 24.1 Å². The number of hydrogen-bond acceptors (Lipinski definition) is 3. The molecule has 2 aromatic rings. The molecule has 0 fully saturated rings. The van der Waals surface area contributed by atoms with Gasteiger partial charge in [0.15, 0.2) is 0 Å². The Labute approximate surface area is 145 Å².